The fraction of sp³-hybridized carbons (Fsp3) is 0.909. The van der Waals surface area contributed by atoms with Crippen LogP contribution in [0.3, 0.4) is 0 Å². The summed E-state index contributed by atoms with van der Waals surface area (Å²) >= 11 is 0. The molecule has 2 heterocycles. The number of hydrogen-bond donors (Lipinski definition) is 1. The summed E-state index contributed by atoms with van der Waals surface area (Å²) in [4.78, 5) is 16.2. The van der Waals surface area contributed by atoms with Crippen molar-refractivity contribution in [2.24, 2.45) is 0 Å². The second-order valence-corrected chi connectivity index (χ2v) is 4.43. The van der Waals surface area contributed by atoms with Crippen molar-refractivity contribution >= 4 is 5.91 Å². The number of likely N-dealkylation sites (tertiary alicyclic amines) is 1. The second kappa shape index (κ2) is 5.47. The van der Waals surface area contributed by atoms with E-state index in [0.717, 1.165) is 32.7 Å². The third-order valence-electron chi connectivity index (χ3n) is 3.31. The highest BCUT2D eigenvalue weighted by atomic mass is 16.2. The van der Waals surface area contributed by atoms with Gasteiger partial charge >= 0.3 is 0 Å². The van der Waals surface area contributed by atoms with Gasteiger partial charge in [-0.1, -0.05) is 0 Å². The maximum atomic E-state index is 11.7. The third kappa shape index (κ3) is 3.18. The summed E-state index contributed by atoms with van der Waals surface area (Å²) in [5.74, 6) is 0.319. The molecule has 2 saturated heterocycles. The zero-order valence-corrected chi connectivity index (χ0v) is 9.37. The first-order valence-corrected chi connectivity index (χ1v) is 6.07. The van der Waals surface area contributed by atoms with E-state index in [4.69, 9.17) is 0 Å². The smallest absolute Gasteiger partial charge is 0.223 e. The van der Waals surface area contributed by atoms with Crippen LogP contribution in [0.5, 0.6) is 0 Å². The lowest BCUT2D eigenvalue weighted by molar-refractivity contribution is -0.130. The van der Waals surface area contributed by atoms with Crippen molar-refractivity contribution in [2.75, 3.05) is 45.8 Å². The van der Waals surface area contributed by atoms with Gasteiger partial charge in [0.15, 0.2) is 0 Å². The van der Waals surface area contributed by atoms with Gasteiger partial charge in [-0.15, -0.1) is 0 Å². The van der Waals surface area contributed by atoms with Crippen molar-refractivity contribution in [1.82, 2.24) is 15.1 Å². The van der Waals surface area contributed by atoms with Crippen LogP contribution in [-0.2, 0) is 4.79 Å². The summed E-state index contributed by atoms with van der Waals surface area (Å²) in [6.45, 7) is 7.10. The Hall–Kier alpha value is -0.610. The molecule has 0 aromatic heterocycles. The first-order chi connectivity index (χ1) is 7.36. The third-order valence-corrected chi connectivity index (χ3v) is 3.31. The quantitative estimate of drug-likeness (QED) is 0.708. The van der Waals surface area contributed by atoms with Crippen LogP contribution >= 0.6 is 0 Å². The van der Waals surface area contributed by atoms with Gasteiger partial charge in [0, 0.05) is 39.1 Å². The number of rotatable bonds is 3. The molecular formula is C11H21N3O. The molecule has 0 unspecified atom stereocenters. The average molecular weight is 211 g/mol. The Kier molecular flexibility index (Phi) is 3.97. The topological polar surface area (TPSA) is 35.6 Å². The molecule has 2 fully saturated rings. The maximum Gasteiger partial charge on any atom is 0.223 e. The molecular weight excluding hydrogens is 190 g/mol. The number of carbonyl (C=O) groups is 1. The predicted molar refractivity (Wildman–Crippen MR) is 59.7 cm³/mol. The Bertz CT molecular complexity index is 214. The molecule has 2 rings (SSSR count). The van der Waals surface area contributed by atoms with Gasteiger partial charge < -0.3 is 15.1 Å². The van der Waals surface area contributed by atoms with Crippen LogP contribution in [0.4, 0.5) is 0 Å². The molecule has 0 aromatic carbocycles. The molecule has 1 amide bonds. The van der Waals surface area contributed by atoms with E-state index in [9.17, 15) is 4.79 Å². The van der Waals surface area contributed by atoms with Gasteiger partial charge in [0.2, 0.25) is 5.91 Å². The predicted octanol–water partition coefficient (Wildman–Crippen LogP) is -0.0959. The molecule has 0 aromatic rings. The Morgan fingerprint density at radius 3 is 2.67 bits per heavy atom. The van der Waals surface area contributed by atoms with E-state index in [1.807, 2.05) is 4.90 Å². The molecule has 1 N–H and O–H groups in total. The molecule has 4 nitrogen and oxygen atoms in total. The van der Waals surface area contributed by atoms with E-state index >= 15 is 0 Å². The Morgan fingerprint density at radius 1 is 1.07 bits per heavy atom. The zero-order chi connectivity index (χ0) is 10.5. The van der Waals surface area contributed by atoms with Gasteiger partial charge in [-0.3, -0.25) is 4.79 Å². The van der Waals surface area contributed by atoms with Crippen molar-refractivity contribution < 1.29 is 4.79 Å². The van der Waals surface area contributed by atoms with Gasteiger partial charge in [-0.2, -0.15) is 0 Å². The average Bonchev–Trinajstić information content (AvgIpc) is 2.67. The molecule has 0 radical (unpaired) electrons. The number of nitrogens with one attached hydrogen (secondary N) is 1. The van der Waals surface area contributed by atoms with E-state index < -0.39 is 0 Å². The minimum Gasteiger partial charge on any atom is -0.340 e. The van der Waals surface area contributed by atoms with Gasteiger partial charge in [0.05, 0.1) is 0 Å². The molecule has 15 heavy (non-hydrogen) atoms. The summed E-state index contributed by atoms with van der Waals surface area (Å²) in [5, 5.41) is 3.26. The van der Waals surface area contributed by atoms with E-state index in [1.165, 1.54) is 25.9 Å². The first-order valence-electron chi connectivity index (χ1n) is 6.07. The molecule has 2 aliphatic heterocycles. The Balaban J connectivity index is 1.73. The molecule has 0 atom stereocenters. The van der Waals surface area contributed by atoms with Gasteiger partial charge in [-0.05, 0) is 25.9 Å². The van der Waals surface area contributed by atoms with Crippen molar-refractivity contribution in [3.8, 4) is 0 Å². The molecule has 0 bridgehead atoms. The van der Waals surface area contributed by atoms with Crippen LogP contribution in [0.1, 0.15) is 19.3 Å². The molecule has 2 aliphatic rings. The lowest BCUT2D eigenvalue weighted by Crippen LogP contribution is -2.38. The minimum absolute atomic E-state index is 0.319. The normalized spacial score (nSPS) is 24.5. The number of amides is 1. The summed E-state index contributed by atoms with van der Waals surface area (Å²) in [5.41, 5.74) is 0. The SMILES string of the molecule is O=C1CCNCCN1CCN1CCCC1. The van der Waals surface area contributed by atoms with E-state index in [1.54, 1.807) is 0 Å². The van der Waals surface area contributed by atoms with Crippen LogP contribution in [0.2, 0.25) is 0 Å². The van der Waals surface area contributed by atoms with Crippen LogP contribution in [-0.4, -0.2) is 61.5 Å². The Labute approximate surface area is 91.6 Å². The second-order valence-electron chi connectivity index (χ2n) is 4.43. The highest BCUT2D eigenvalue weighted by molar-refractivity contribution is 5.76. The van der Waals surface area contributed by atoms with Crippen molar-refractivity contribution in [1.29, 1.82) is 0 Å². The van der Waals surface area contributed by atoms with E-state index in [-0.39, 0.29) is 0 Å². The lowest BCUT2D eigenvalue weighted by atomic mass is 10.3. The van der Waals surface area contributed by atoms with Gasteiger partial charge in [0.25, 0.3) is 0 Å². The van der Waals surface area contributed by atoms with Gasteiger partial charge in [0.1, 0.15) is 0 Å². The lowest BCUT2D eigenvalue weighted by Gasteiger charge is -2.23. The summed E-state index contributed by atoms with van der Waals surface area (Å²) in [7, 11) is 0. The number of nitrogens with zero attached hydrogens (tertiary/aromatic N) is 2. The Morgan fingerprint density at radius 2 is 1.87 bits per heavy atom. The largest absolute Gasteiger partial charge is 0.340 e. The van der Waals surface area contributed by atoms with Crippen LogP contribution < -0.4 is 5.32 Å². The summed E-state index contributed by atoms with van der Waals surface area (Å²) in [6.07, 6.45) is 3.32. The molecule has 0 spiro atoms. The van der Waals surface area contributed by atoms with Crippen LogP contribution in [0.15, 0.2) is 0 Å². The van der Waals surface area contributed by atoms with E-state index in [0.29, 0.717) is 12.3 Å². The standard InChI is InChI=1S/C11H21N3O/c15-11-3-4-12-5-8-14(11)10-9-13-6-1-2-7-13/h12H,1-10H2. The van der Waals surface area contributed by atoms with Crippen molar-refractivity contribution in [3.05, 3.63) is 0 Å². The summed E-state index contributed by atoms with van der Waals surface area (Å²) < 4.78 is 0. The van der Waals surface area contributed by atoms with Gasteiger partial charge in [-0.25, -0.2) is 0 Å². The summed E-state index contributed by atoms with van der Waals surface area (Å²) in [6, 6.07) is 0. The van der Waals surface area contributed by atoms with E-state index in [2.05, 4.69) is 10.2 Å². The molecule has 0 saturated carbocycles. The molecule has 86 valence electrons. The molecule has 0 aliphatic carbocycles. The van der Waals surface area contributed by atoms with Crippen molar-refractivity contribution in [2.45, 2.75) is 19.3 Å². The highest BCUT2D eigenvalue weighted by Gasteiger charge is 2.18. The number of hydrogen-bond acceptors (Lipinski definition) is 3. The molecule has 4 heteroatoms. The first kappa shape index (κ1) is 10.9. The fourth-order valence-electron chi connectivity index (χ4n) is 2.32. The maximum absolute atomic E-state index is 11.7. The number of carbonyl (C=O) groups excluding carboxylic acids is 1. The zero-order valence-electron chi connectivity index (χ0n) is 9.37. The monoisotopic (exact) mass is 211 g/mol. The van der Waals surface area contributed by atoms with Crippen LogP contribution in [0, 0.1) is 0 Å². The van der Waals surface area contributed by atoms with Crippen molar-refractivity contribution in [3.63, 3.8) is 0 Å². The highest BCUT2D eigenvalue weighted by Crippen LogP contribution is 2.07. The van der Waals surface area contributed by atoms with Crippen LogP contribution in [0.25, 0.3) is 0 Å². The minimum atomic E-state index is 0.319. The fourth-order valence-corrected chi connectivity index (χ4v) is 2.32.